The molecule has 0 atom stereocenters. The van der Waals surface area contributed by atoms with Gasteiger partial charge in [-0.1, -0.05) is 0 Å². The van der Waals surface area contributed by atoms with E-state index >= 15 is 0 Å². The number of rotatable bonds is 3. The number of nitrogens with one attached hydrogen (secondary N) is 2. The molecule has 0 saturated carbocycles. The fraction of sp³-hybridized carbons (Fsp3) is 0.0714. The summed E-state index contributed by atoms with van der Waals surface area (Å²) in [5.41, 5.74) is 2.22. The molecule has 0 aliphatic carbocycles. The van der Waals surface area contributed by atoms with Crippen molar-refractivity contribution in [2.75, 3.05) is 17.7 Å². The van der Waals surface area contributed by atoms with Gasteiger partial charge in [0.25, 0.3) is 5.91 Å². The second-order valence-electron chi connectivity index (χ2n) is 3.83. The van der Waals surface area contributed by atoms with Crippen LogP contribution in [0.25, 0.3) is 0 Å². The van der Waals surface area contributed by atoms with E-state index in [2.05, 4.69) is 10.6 Å². The molecule has 0 aliphatic rings. The normalized spacial score (nSPS) is 9.83. The van der Waals surface area contributed by atoms with E-state index in [1.54, 1.807) is 12.1 Å². The van der Waals surface area contributed by atoms with Crippen LogP contribution in [0, 0.1) is 0 Å². The van der Waals surface area contributed by atoms with Crippen LogP contribution in [-0.4, -0.2) is 18.1 Å². The van der Waals surface area contributed by atoms with Gasteiger partial charge in [-0.25, -0.2) is 0 Å². The number of aromatic hydroxyl groups is 1. The standard InChI is InChI=1S/C14H14N2O2/c1-15-11-4-6-12(7-5-11)16-14(18)10-2-8-13(17)9-3-10/h2-9,15,17H,1H3,(H,16,18). The monoisotopic (exact) mass is 242 g/mol. The Balaban J connectivity index is 2.08. The van der Waals surface area contributed by atoms with Crippen molar-refractivity contribution in [1.82, 2.24) is 0 Å². The van der Waals surface area contributed by atoms with Gasteiger partial charge in [-0.15, -0.1) is 0 Å². The minimum absolute atomic E-state index is 0.143. The number of phenols is 1. The van der Waals surface area contributed by atoms with Gasteiger partial charge in [0.05, 0.1) is 0 Å². The van der Waals surface area contributed by atoms with Gasteiger partial charge < -0.3 is 15.7 Å². The van der Waals surface area contributed by atoms with Crippen LogP contribution in [0.5, 0.6) is 5.75 Å². The van der Waals surface area contributed by atoms with Crippen LogP contribution in [0.1, 0.15) is 10.4 Å². The number of hydrogen-bond acceptors (Lipinski definition) is 3. The molecule has 2 rings (SSSR count). The Labute approximate surface area is 105 Å². The molecule has 0 aliphatic heterocycles. The van der Waals surface area contributed by atoms with Crippen molar-refractivity contribution in [2.45, 2.75) is 0 Å². The summed E-state index contributed by atoms with van der Waals surface area (Å²) >= 11 is 0. The number of hydrogen-bond donors (Lipinski definition) is 3. The third-order valence-corrected chi connectivity index (χ3v) is 2.56. The average Bonchev–Trinajstić information content (AvgIpc) is 2.40. The molecule has 18 heavy (non-hydrogen) atoms. The molecule has 92 valence electrons. The maximum Gasteiger partial charge on any atom is 0.255 e. The predicted molar refractivity (Wildman–Crippen MR) is 72.0 cm³/mol. The Kier molecular flexibility index (Phi) is 3.48. The lowest BCUT2D eigenvalue weighted by atomic mass is 10.2. The van der Waals surface area contributed by atoms with Crippen LogP contribution in [-0.2, 0) is 0 Å². The Hall–Kier alpha value is -2.49. The number of anilines is 2. The minimum Gasteiger partial charge on any atom is -0.508 e. The SMILES string of the molecule is CNc1ccc(NC(=O)c2ccc(O)cc2)cc1. The Morgan fingerprint density at radius 2 is 1.50 bits per heavy atom. The minimum atomic E-state index is -0.202. The van der Waals surface area contributed by atoms with Crippen molar-refractivity contribution in [3.8, 4) is 5.75 Å². The first-order valence-corrected chi connectivity index (χ1v) is 5.57. The second-order valence-corrected chi connectivity index (χ2v) is 3.83. The maximum absolute atomic E-state index is 11.9. The molecule has 0 aromatic heterocycles. The maximum atomic E-state index is 11.9. The topological polar surface area (TPSA) is 61.4 Å². The van der Waals surface area contributed by atoms with Crippen LogP contribution in [0.3, 0.4) is 0 Å². The van der Waals surface area contributed by atoms with Crippen molar-refractivity contribution < 1.29 is 9.90 Å². The molecule has 4 nitrogen and oxygen atoms in total. The zero-order valence-corrected chi connectivity index (χ0v) is 9.97. The second kappa shape index (κ2) is 5.23. The highest BCUT2D eigenvalue weighted by atomic mass is 16.3. The number of carbonyl (C=O) groups excluding carboxylic acids is 1. The lowest BCUT2D eigenvalue weighted by molar-refractivity contribution is 0.102. The van der Waals surface area contributed by atoms with Crippen LogP contribution < -0.4 is 10.6 Å². The molecule has 4 heteroatoms. The zero-order chi connectivity index (χ0) is 13.0. The molecule has 3 N–H and O–H groups in total. The van der Waals surface area contributed by atoms with E-state index in [4.69, 9.17) is 5.11 Å². The summed E-state index contributed by atoms with van der Waals surface area (Å²) in [6.45, 7) is 0. The van der Waals surface area contributed by atoms with Gasteiger partial charge in [-0.2, -0.15) is 0 Å². The molecule has 0 unspecified atom stereocenters. The molecule has 0 fully saturated rings. The summed E-state index contributed by atoms with van der Waals surface area (Å²) in [7, 11) is 1.84. The molecule has 1 amide bonds. The van der Waals surface area contributed by atoms with E-state index in [0.717, 1.165) is 11.4 Å². The third kappa shape index (κ3) is 2.79. The van der Waals surface area contributed by atoms with Crippen molar-refractivity contribution in [1.29, 1.82) is 0 Å². The van der Waals surface area contributed by atoms with Crippen LogP contribution in [0.2, 0.25) is 0 Å². The van der Waals surface area contributed by atoms with Crippen molar-refractivity contribution >= 4 is 17.3 Å². The molecule has 0 saturated heterocycles. The summed E-state index contributed by atoms with van der Waals surface area (Å²) in [5.74, 6) is -0.0582. The molecule has 0 spiro atoms. The summed E-state index contributed by atoms with van der Waals surface area (Å²) < 4.78 is 0. The van der Waals surface area contributed by atoms with E-state index in [9.17, 15) is 4.79 Å². The molecule has 0 bridgehead atoms. The highest BCUT2D eigenvalue weighted by molar-refractivity contribution is 6.04. The van der Waals surface area contributed by atoms with Gasteiger partial charge in [0.2, 0.25) is 0 Å². The smallest absolute Gasteiger partial charge is 0.255 e. The fourth-order valence-corrected chi connectivity index (χ4v) is 1.54. The summed E-state index contributed by atoms with van der Waals surface area (Å²) in [5, 5.41) is 14.9. The third-order valence-electron chi connectivity index (χ3n) is 2.56. The molecule has 2 aromatic carbocycles. The van der Waals surface area contributed by atoms with Gasteiger partial charge in [0.1, 0.15) is 5.75 Å². The first kappa shape index (κ1) is 12.0. The summed E-state index contributed by atoms with van der Waals surface area (Å²) in [4.78, 5) is 11.9. The van der Waals surface area contributed by atoms with Crippen molar-refractivity contribution in [3.63, 3.8) is 0 Å². The van der Waals surface area contributed by atoms with Gasteiger partial charge in [-0.3, -0.25) is 4.79 Å². The van der Waals surface area contributed by atoms with Gasteiger partial charge in [0, 0.05) is 24.0 Å². The Morgan fingerprint density at radius 3 is 2.06 bits per heavy atom. The molecule has 2 aromatic rings. The molecule has 0 heterocycles. The summed E-state index contributed by atoms with van der Waals surface area (Å²) in [6.07, 6.45) is 0. The zero-order valence-electron chi connectivity index (χ0n) is 9.97. The number of carbonyl (C=O) groups is 1. The van der Waals surface area contributed by atoms with Gasteiger partial charge >= 0.3 is 0 Å². The Morgan fingerprint density at radius 1 is 0.944 bits per heavy atom. The van der Waals surface area contributed by atoms with Crippen LogP contribution in [0.15, 0.2) is 48.5 Å². The van der Waals surface area contributed by atoms with E-state index in [1.165, 1.54) is 12.1 Å². The van der Waals surface area contributed by atoms with E-state index in [0.29, 0.717) is 5.56 Å². The van der Waals surface area contributed by atoms with E-state index in [1.807, 2.05) is 31.3 Å². The molecule has 0 radical (unpaired) electrons. The van der Waals surface area contributed by atoms with Crippen molar-refractivity contribution in [2.24, 2.45) is 0 Å². The number of phenolic OH excluding ortho intramolecular Hbond substituents is 1. The van der Waals surface area contributed by atoms with Gasteiger partial charge in [-0.05, 0) is 48.5 Å². The van der Waals surface area contributed by atoms with Crippen LogP contribution in [0.4, 0.5) is 11.4 Å². The van der Waals surface area contributed by atoms with Crippen molar-refractivity contribution in [3.05, 3.63) is 54.1 Å². The molecular weight excluding hydrogens is 228 g/mol. The van der Waals surface area contributed by atoms with Gasteiger partial charge in [0.15, 0.2) is 0 Å². The summed E-state index contributed by atoms with van der Waals surface area (Å²) in [6, 6.07) is 13.5. The lowest BCUT2D eigenvalue weighted by Gasteiger charge is -2.06. The first-order chi connectivity index (χ1) is 8.69. The Bertz CT molecular complexity index is 533. The highest BCUT2D eigenvalue weighted by Crippen LogP contribution is 2.15. The number of benzene rings is 2. The number of amides is 1. The highest BCUT2D eigenvalue weighted by Gasteiger charge is 2.05. The molecular formula is C14H14N2O2. The van der Waals surface area contributed by atoms with E-state index < -0.39 is 0 Å². The van der Waals surface area contributed by atoms with E-state index in [-0.39, 0.29) is 11.7 Å². The predicted octanol–water partition coefficient (Wildman–Crippen LogP) is 2.69. The largest absolute Gasteiger partial charge is 0.508 e. The fourth-order valence-electron chi connectivity index (χ4n) is 1.54. The average molecular weight is 242 g/mol. The lowest BCUT2D eigenvalue weighted by Crippen LogP contribution is -2.11. The first-order valence-electron chi connectivity index (χ1n) is 5.57. The quantitative estimate of drug-likeness (QED) is 0.775. The van der Waals surface area contributed by atoms with Crippen LogP contribution >= 0.6 is 0 Å².